The highest BCUT2D eigenvalue weighted by Gasteiger charge is 1.84. The average molecular weight is 113 g/mol. The number of allylic oxidation sites excluding steroid dienone is 1. The lowest BCUT2D eigenvalue weighted by Gasteiger charge is -1.94. The minimum absolute atomic E-state index is 0.813. The molecular formula is C7H15N. The van der Waals surface area contributed by atoms with Gasteiger partial charge in [-0.25, -0.2) is 0 Å². The number of nitrogens with two attached hydrogens (primary N) is 1. The van der Waals surface area contributed by atoms with Crippen molar-refractivity contribution in [2.24, 2.45) is 5.73 Å². The molecule has 0 aromatic carbocycles. The molecular weight excluding hydrogens is 98.1 g/mol. The summed E-state index contributed by atoms with van der Waals surface area (Å²) in [5, 5.41) is 0. The van der Waals surface area contributed by atoms with Crippen molar-refractivity contribution in [3.8, 4) is 0 Å². The maximum atomic E-state index is 5.29. The Bertz CT molecular complexity index is 66.8. The molecule has 0 aromatic heterocycles. The molecule has 0 bridgehead atoms. The van der Waals surface area contributed by atoms with Gasteiger partial charge < -0.3 is 5.73 Å². The van der Waals surface area contributed by atoms with Crippen molar-refractivity contribution in [2.75, 3.05) is 6.54 Å². The summed E-state index contributed by atoms with van der Waals surface area (Å²) < 4.78 is 0. The zero-order chi connectivity index (χ0) is 6.41. The Morgan fingerprint density at radius 1 is 1.50 bits per heavy atom. The van der Waals surface area contributed by atoms with Crippen LogP contribution in [0.1, 0.15) is 26.2 Å². The standard InChI is InChI=1S/C7H15N/c1-7(2)5-3-4-6-8/h1,3-6,8H2,2H3. The van der Waals surface area contributed by atoms with Crippen molar-refractivity contribution in [2.45, 2.75) is 26.2 Å². The van der Waals surface area contributed by atoms with Gasteiger partial charge in [0, 0.05) is 0 Å². The Morgan fingerprint density at radius 2 is 2.12 bits per heavy atom. The zero-order valence-electron chi connectivity index (χ0n) is 5.61. The maximum Gasteiger partial charge on any atom is -0.00772 e. The third-order valence-electron chi connectivity index (χ3n) is 1.06. The van der Waals surface area contributed by atoms with Crippen molar-refractivity contribution < 1.29 is 0 Å². The fourth-order valence-electron chi connectivity index (χ4n) is 0.571. The van der Waals surface area contributed by atoms with Crippen LogP contribution < -0.4 is 5.73 Å². The molecule has 2 N–H and O–H groups in total. The van der Waals surface area contributed by atoms with Gasteiger partial charge >= 0.3 is 0 Å². The van der Waals surface area contributed by atoms with Crippen LogP contribution in [0.4, 0.5) is 0 Å². The number of hydrogen-bond acceptors (Lipinski definition) is 1. The van der Waals surface area contributed by atoms with E-state index in [0.717, 1.165) is 19.4 Å². The first-order chi connectivity index (χ1) is 3.77. The van der Waals surface area contributed by atoms with E-state index in [1.807, 2.05) is 0 Å². The van der Waals surface area contributed by atoms with E-state index in [9.17, 15) is 0 Å². The van der Waals surface area contributed by atoms with Crippen LogP contribution in [0.2, 0.25) is 0 Å². The van der Waals surface area contributed by atoms with Gasteiger partial charge in [0.05, 0.1) is 0 Å². The van der Waals surface area contributed by atoms with Crippen molar-refractivity contribution in [3.05, 3.63) is 12.2 Å². The second-order valence-corrected chi connectivity index (χ2v) is 2.20. The van der Waals surface area contributed by atoms with E-state index >= 15 is 0 Å². The average Bonchev–Trinajstić information content (AvgIpc) is 1.66. The van der Waals surface area contributed by atoms with E-state index in [0.29, 0.717) is 0 Å². The van der Waals surface area contributed by atoms with Crippen molar-refractivity contribution in [3.63, 3.8) is 0 Å². The van der Waals surface area contributed by atoms with Gasteiger partial charge in [-0.15, -0.1) is 6.58 Å². The zero-order valence-corrected chi connectivity index (χ0v) is 5.61. The molecule has 0 fully saturated rings. The lowest BCUT2D eigenvalue weighted by atomic mass is 10.1. The highest BCUT2D eigenvalue weighted by molar-refractivity contribution is 4.86. The maximum absolute atomic E-state index is 5.29. The molecule has 0 rings (SSSR count). The van der Waals surface area contributed by atoms with Crippen molar-refractivity contribution in [1.82, 2.24) is 0 Å². The Balaban J connectivity index is 2.82. The first-order valence-electron chi connectivity index (χ1n) is 3.12. The summed E-state index contributed by atoms with van der Waals surface area (Å²) in [5.74, 6) is 0. The lowest BCUT2D eigenvalue weighted by molar-refractivity contribution is 0.741. The quantitative estimate of drug-likeness (QED) is 0.435. The van der Waals surface area contributed by atoms with Gasteiger partial charge in [-0.2, -0.15) is 0 Å². The molecule has 0 spiro atoms. The molecule has 0 amide bonds. The molecule has 0 aromatic rings. The topological polar surface area (TPSA) is 26.0 Å². The molecule has 0 saturated carbocycles. The molecule has 0 aliphatic carbocycles. The predicted molar refractivity (Wildman–Crippen MR) is 37.7 cm³/mol. The fraction of sp³-hybridized carbons (Fsp3) is 0.714. The third-order valence-corrected chi connectivity index (χ3v) is 1.06. The van der Waals surface area contributed by atoms with Crippen LogP contribution in [-0.4, -0.2) is 6.54 Å². The molecule has 0 heterocycles. The van der Waals surface area contributed by atoms with Crippen molar-refractivity contribution >= 4 is 0 Å². The molecule has 0 radical (unpaired) electrons. The van der Waals surface area contributed by atoms with E-state index in [2.05, 4.69) is 13.5 Å². The molecule has 0 aliphatic heterocycles. The molecule has 8 heavy (non-hydrogen) atoms. The lowest BCUT2D eigenvalue weighted by Crippen LogP contribution is -1.97. The summed E-state index contributed by atoms with van der Waals surface area (Å²) >= 11 is 0. The van der Waals surface area contributed by atoms with Crippen LogP contribution in [0.15, 0.2) is 12.2 Å². The number of unbranched alkanes of at least 4 members (excludes halogenated alkanes) is 1. The van der Waals surface area contributed by atoms with Gasteiger partial charge in [0.1, 0.15) is 0 Å². The van der Waals surface area contributed by atoms with Gasteiger partial charge in [0.15, 0.2) is 0 Å². The fourth-order valence-corrected chi connectivity index (χ4v) is 0.571. The molecule has 1 nitrogen and oxygen atoms in total. The molecule has 0 saturated heterocycles. The first kappa shape index (κ1) is 7.70. The van der Waals surface area contributed by atoms with Gasteiger partial charge in [0.2, 0.25) is 0 Å². The molecule has 0 aliphatic rings. The van der Waals surface area contributed by atoms with Crippen LogP contribution in [0.25, 0.3) is 0 Å². The molecule has 1 heteroatoms. The summed E-state index contributed by atoms with van der Waals surface area (Å²) in [7, 11) is 0. The third kappa shape index (κ3) is 5.70. The SMILES string of the molecule is C=C(C)CCCCN. The summed E-state index contributed by atoms with van der Waals surface area (Å²) in [6.45, 7) is 6.65. The van der Waals surface area contributed by atoms with Crippen molar-refractivity contribution in [1.29, 1.82) is 0 Å². The van der Waals surface area contributed by atoms with Gasteiger partial charge in [-0.1, -0.05) is 5.57 Å². The summed E-state index contributed by atoms with van der Waals surface area (Å²) in [4.78, 5) is 0. The second kappa shape index (κ2) is 4.85. The van der Waals surface area contributed by atoms with Crippen LogP contribution in [0.3, 0.4) is 0 Å². The van der Waals surface area contributed by atoms with Gasteiger partial charge in [-0.05, 0) is 32.7 Å². The Labute approximate surface area is 51.6 Å². The molecule has 0 atom stereocenters. The number of hydrogen-bond donors (Lipinski definition) is 1. The van der Waals surface area contributed by atoms with Crippen LogP contribution in [0, 0.1) is 0 Å². The van der Waals surface area contributed by atoms with Crippen LogP contribution in [0.5, 0.6) is 0 Å². The smallest absolute Gasteiger partial charge is 0.00772 e. The predicted octanol–water partition coefficient (Wildman–Crippen LogP) is 1.69. The van der Waals surface area contributed by atoms with Gasteiger partial charge in [0.25, 0.3) is 0 Å². The summed E-state index contributed by atoms with van der Waals surface area (Å²) in [6.07, 6.45) is 3.47. The Hall–Kier alpha value is -0.300. The monoisotopic (exact) mass is 113 g/mol. The van der Waals surface area contributed by atoms with E-state index in [1.165, 1.54) is 12.0 Å². The van der Waals surface area contributed by atoms with E-state index in [-0.39, 0.29) is 0 Å². The van der Waals surface area contributed by atoms with Crippen LogP contribution in [-0.2, 0) is 0 Å². The first-order valence-corrected chi connectivity index (χ1v) is 3.12. The minimum Gasteiger partial charge on any atom is -0.330 e. The van der Waals surface area contributed by atoms with Gasteiger partial charge in [-0.3, -0.25) is 0 Å². The van der Waals surface area contributed by atoms with Crippen LogP contribution >= 0.6 is 0 Å². The molecule has 0 unspecified atom stereocenters. The normalized spacial score (nSPS) is 9.25. The van der Waals surface area contributed by atoms with E-state index in [1.54, 1.807) is 0 Å². The summed E-state index contributed by atoms with van der Waals surface area (Å²) in [6, 6.07) is 0. The Kier molecular flexibility index (Phi) is 4.67. The molecule has 48 valence electrons. The summed E-state index contributed by atoms with van der Waals surface area (Å²) in [5.41, 5.74) is 6.55. The number of rotatable bonds is 4. The largest absolute Gasteiger partial charge is 0.330 e. The van der Waals surface area contributed by atoms with E-state index in [4.69, 9.17) is 5.73 Å². The highest BCUT2D eigenvalue weighted by Crippen LogP contribution is 2.01. The van der Waals surface area contributed by atoms with E-state index < -0.39 is 0 Å². The Morgan fingerprint density at radius 3 is 2.50 bits per heavy atom. The minimum atomic E-state index is 0.813. The highest BCUT2D eigenvalue weighted by atomic mass is 14.5. The second-order valence-electron chi connectivity index (χ2n) is 2.20.